The molecule has 0 bridgehead atoms. The van der Waals surface area contributed by atoms with Crippen molar-refractivity contribution >= 4 is 17.3 Å². The van der Waals surface area contributed by atoms with Gasteiger partial charge in [-0.3, -0.25) is 0 Å². The topological polar surface area (TPSA) is 35.5 Å². The Morgan fingerprint density at radius 2 is 2.22 bits per heavy atom. The van der Waals surface area contributed by atoms with Gasteiger partial charge in [-0.1, -0.05) is 17.7 Å². The second-order valence-electron chi connectivity index (χ2n) is 5.61. The molecular formula is C14H21ClN2O. The van der Waals surface area contributed by atoms with Crippen LogP contribution >= 0.6 is 11.6 Å². The summed E-state index contributed by atoms with van der Waals surface area (Å²) in [5.74, 6) is 0. The van der Waals surface area contributed by atoms with Crippen molar-refractivity contribution in [3.05, 3.63) is 28.8 Å². The second-order valence-corrected chi connectivity index (χ2v) is 6.05. The molecule has 0 saturated carbocycles. The molecule has 1 aromatic rings. The lowest BCUT2D eigenvalue weighted by molar-refractivity contribution is 0.210. The molecule has 2 N–H and O–H groups in total. The number of aliphatic hydroxyl groups excluding tert-OH is 1. The third-order valence-electron chi connectivity index (χ3n) is 3.64. The molecule has 3 nitrogen and oxygen atoms in total. The number of aryl methyl sites for hydroxylation is 1. The minimum absolute atomic E-state index is 0.0150. The van der Waals surface area contributed by atoms with Crippen LogP contribution in [0.1, 0.15) is 19.4 Å². The summed E-state index contributed by atoms with van der Waals surface area (Å²) in [4.78, 5) is 2.34. The summed E-state index contributed by atoms with van der Waals surface area (Å²) in [7, 11) is 0. The highest BCUT2D eigenvalue weighted by Crippen LogP contribution is 2.31. The molecule has 1 saturated heterocycles. The van der Waals surface area contributed by atoms with Crippen molar-refractivity contribution in [1.82, 2.24) is 5.32 Å². The number of hydrogen-bond donors (Lipinski definition) is 2. The first kappa shape index (κ1) is 13.7. The summed E-state index contributed by atoms with van der Waals surface area (Å²) in [5, 5.41) is 13.5. The highest BCUT2D eigenvalue weighted by molar-refractivity contribution is 6.30. The summed E-state index contributed by atoms with van der Waals surface area (Å²) in [5.41, 5.74) is 2.39. The quantitative estimate of drug-likeness (QED) is 0.863. The van der Waals surface area contributed by atoms with Crippen molar-refractivity contribution in [2.75, 3.05) is 24.6 Å². The first-order valence-electron chi connectivity index (χ1n) is 6.32. The van der Waals surface area contributed by atoms with Gasteiger partial charge in [0.15, 0.2) is 0 Å². The van der Waals surface area contributed by atoms with Gasteiger partial charge in [-0.2, -0.15) is 0 Å². The van der Waals surface area contributed by atoms with Gasteiger partial charge in [-0.25, -0.2) is 0 Å². The van der Waals surface area contributed by atoms with Gasteiger partial charge in [-0.15, -0.1) is 0 Å². The molecule has 1 aliphatic heterocycles. The van der Waals surface area contributed by atoms with Crippen molar-refractivity contribution in [2.45, 2.75) is 32.4 Å². The molecule has 0 spiro atoms. The lowest BCUT2D eigenvalue weighted by Gasteiger charge is -2.48. The number of piperazine rings is 1. The van der Waals surface area contributed by atoms with Gasteiger partial charge >= 0.3 is 0 Å². The molecule has 0 aromatic heterocycles. The molecule has 4 heteroatoms. The van der Waals surface area contributed by atoms with Gasteiger partial charge in [0.2, 0.25) is 0 Å². The van der Waals surface area contributed by atoms with Gasteiger partial charge in [0, 0.05) is 35.4 Å². The molecule has 2 rings (SSSR count). The zero-order valence-corrected chi connectivity index (χ0v) is 12.0. The van der Waals surface area contributed by atoms with Gasteiger partial charge in [-0.05, 0) is 38.5 Å². The number of anilines is 1. The van der Waals surface area contributed by atoms with Gasteiger partial charge < -0.3 is 15.3 Å². The van der Waals surface area contributed by atoms with Gasteiger partial charge in [0.05, 0.1) is 6.61 Å². The largest absolute Gasteiger partial charge is 0.395 e. The molecule has 0 amide bonds. The first-order valence-corrected chi connectivity index (χ1v) is 6.70. The molecule has 100 valence electrons. The van der Waals surface area contributed by atoms with Crippen LogP contribution in [0.25, 0.3) is 0 Å². The molecule has 0 aliphatic carbocycles. The monoisotopic (exact) mass is 268 g/mol. The Morgan fingerprint density at radius 1 is 1.50 bits per heavy atom. The third-order valence-corrected chi connectivity index (χ3v) is 3.87. The molecule has 1 fully saturated rings. The van der Waals surface area contributed by atoms with E-state index in [1.165, 1.54) is 5.56 Å². The molecule has 0 radical (unpaired) electrons. The van der Waals surface area contributed by atoms with Crippen LogP contribution in [0, 0.1) is 6.92 Å². The number of nitrogens with one attached hydrogen (secondary N) is 1. The number of halogens is 1. The molecule has 1 atom stereocenters. The molecule has 1 unspecified atom stereocenters. The molecule has 1 aliphatic rings. The number of rotatable bonds is 2. The average molecular weight is 269 g/mol. The average Bonchev–Trinajstić information content (AvgIpc) is 2.32. The maximum atomic E-state index is 9.33. The van der Waals surface area contributed by atoms with Crippen LogP contribution in [-0.4, -0.2) is 36.4 Å². The van der Waals surface area contributed by atoms with E-state index in [0.29, 0.717) is 0 Å². The van der Waals surface area contributed by atoms with Gasteiger partial charge in [0.25, 0.3) is 0 Å². The van der Waals surface area contributed by atoms with E-state index in [4.69, 9.17) is 11.6 Å². The van der Waals surface area contributed by atoms with Crippen LogP contribution in [0.15, 0.2) is 18.2 Å². The predicted molar refractivity (Wildman–Crippen MR) is 76.5 cm³/mol. The first-order chi connectivity index (χ1) is 8.44. The predicted octanol–water partition coefficient (Wildman–Crippen LogP) is 2.20. The van der Waals surface area contributed by atoms with Crippen molar-refractivity contribution in [3.63, 3.8) is 0 Å². The van der Waals surface area contributed by atoms with Crippen molar-refractivity contribution in [2.24, 2.45) is 0 Å². The highest BCUT2D eigenvalue weighted by Gasteiger charge is 2.34. The molecule has 1 heterocycles. The Balaban J connectivity index is 2.36. The summed E-state index contributed by atoms with van der Waals surface area (Å²) in [6.07, 6.45) is 0. The maximum Gasteiger partial charge on any atom is 0.0601 e. The van der Waals surface area contributed by atoms with E-state index in [2.05, 4.69) is 31.0 Å². The number of hydrogen-bond acceptors (Lipinski definition) is 3. The summed E-state index contributed by atoms with van der Waals surface area (Å²) in [6.45, 7) is 8.31. The zero-order valence-electron chi connectivity index (χ0n) is 11.2. The van der Waals surface area contributed by atoms with Crippen LogP contribution < -0.4 is 10.2 Å². The van der Waals surface area contributed by atoms with E-state index < -0.39 is 0 Å². The third kappa shape index (κ3) is 2.63. The van der Waals surface area contributed by atoms with Crippen LogP contribution in [-0.2, 0) is 0 Å². The SMILES string of the molecule is Cc1ccc(Cl)cc1N1CC(CO)NCC1(C)C. The van der Waals surface area contributed by atoms with E-state index in [0.717, 1.165) is 23.8 Å². The van der Waals surface area contributed by atoms with E-state index in [-0.39, 0.29) is 18.2 Å². The summed E-state index contributed by atoms with van der Waals surface area (Å²) >= 11 is 6.11. The Labute approximate surface area is 114 Å². The Bertz CT molecular complexity index is 434. The van der Waals surface area contributed by atoms with E-state index in [9.17, 15) is 5.11 Å². The smallest absolute Gasteiger partial charge is 0.0601 e. The maximum absolute atomic E-state index is 9.33. The lowest BCUT2D eigenvalue weighted by atomic mass is 9.95. The van der Waals surface area contributed by atoms with Gasteiger partial charge in [0.1, 0.15) is 0 Å². The lowest BCUT2D eigenvalue weighted by Crippen LogP contribution is -2.63. The fourth-order valence-electron chi connectivity index (χ4n) is 2.44. The van der Waals surface area contributed by atoms with Crippen molar-refractivity contribution in [1.29, 1.82) is 0 Å². The standard InChI is InChI=1S/C14H21ClN2O/c1-10-4-5-11(15)6-13(10)17-7-12(8-18)16-9-14(17,2)3/h4-6,12,16,18H,7-9H2,1-3H3. The Hall–Kier alpha value is -0.770. The molecule has 1 aromatic carbocycles. The van der Waals surface area contributed by atoms with E-state index in [1.807, 2.05) is 18.2 Å². The van der Waals surface area contributed by atoms with Crippen LogP contribution in [0.4, 0.5) is 5.69 Å². The minimum atomic E-state index is 0.0150. The molecule has 18 heavy (non-hydrogen) atoms. The van der Waals surface area contributed by atoms with Crippen LogP contribution in [0.5, 0.6) is 0 Å². The fourth-order valence-corrected chi connectivity index (χ4v) is 2.61. The number of aliphatic hydroxyl groups is 1. The van der Waals surface area contributed by atoms with Crippen LogP contribution in [0.3, 0.4) is 0 Å². The number of nitrogens with zero attached hydrogens (tertiary/aromatic N) is 1. The highest BCUT2D eigenvalue weighted by atomic mass is 35.5. The second kappa shape index (κ2) is 5.08. The van der Waals surface area contributed by atoms with Crippen molar-refractivity contribution < 1.29 is 5.11 Å². The molecular weight excluding hydrogens is 248 g/mol. The Morgan fingerprint density at radius 3 is 2.89 bits per heavy atom. The summed E-state index contributed by atoms with van der Waals surface area (Å²) in [6, 6.07) is 6.10. The van der Waals surface area contributed by atoms with E-state index in [1.54, 1.807) is 0 Å². The fraction of sp³-hybridized carbons (Fsp3) is 0.571. The zero-order chi connectivity index (χ0) is 13.3. The van der Waals surface area contributed by atoms with Crippen molar-refractivity contribution in [3.8, 4) is 0 Å². The summed E-state index contributed by atoms with van der Waals surface area (Å²) < 4.78 is 0. The Kier molecular flexibility index (Phi) is 3.85. The van der Waals surface area contributed by atoms with E-state index >= 15 is 0 Å². The normalized spacial score (nSPS) is 23.2. The minimum Gasteiger partial charge on any atom is -0.395 e. The van der Waals surface area contributed by atoms with Crippen LogP contribution in [0.2, 0.25) is 5.02 Å². The number of benzene rings is 1.